The molecule has 4 aromatic rings. The Morgan fingerprint density at radius 3 is 2.40 bits per heavy atom. The number of sulfone groups is 1. The molecule has 0 bridgehead atoms. The quantitative estimate of drug-likeness (QED) is 0.157. The van der Waals surface area contributed by atoms with E-state index < -0.39 is 27.7 Å². The summed E-state index contributed by atoms with van der Waals surface area (Å²) in [5, 5.41) is 15.6. The lowest BCUT2D eigenvalue weighted by Gasteiger charge is -2.32. The lowest BCUT2D eigenvalue weighted by atomic mass is 9.86. The van der Waals surface area contributed by atoms with Crippen molar-refractivity contribution in [1.82, 2.24) is 14.7 Å². The summed E-state index contributed by atoms with van der Waals surface area (Å²) in [5.74, 6) is -0.983. The zero-order chi connectivity index (χ0) is 34.0. The first-order valence-electron chi connectivity index (χ1n) is 15.3. The van der Waals surface area contributed by atoms with Gasteiger partial charge in [0.05, 0.1) is 47.5 Å². The smallest absolute Gasteiger partial charge is 0.272 e. The Bertz CT molecular complexity index is 2120. The molecule has 0 saturated carbocycles. The minimum absolute atomic E-state index is 0.0449. The molecule has 10 nitrogen and oxygen atoms in total. The average Bonchev–Trinajstić information content (AvgIpc) is 3.68. The van der Waals surface area contributed by atoms with Gasteiger partial charge < -0.3 is 9.47 Å². The fraction of sp³-hybridized carbons (Fsp3) is 0.222. The van der Waals surface area contributed by atoms with Crippen molar-refractivity contribution in [1.29, 1.82) is 5.26 Å². The molecule has 1 saturated heterocycles. The maximum atomic E-state index is 14.4. The van der Waals surface area contributed by atoms with Gasteiger partial charge in [0.1, 0.15) is 28.8 Å². The molecule has 48 heavy (non-hydrogen) atoms. The van der Waals surface area contributed by atoms with Gasteiger partial charge >= 0.3 is 0 Å². The molecule has 244 valence electrons. The van der Waals surface area contributed by atoms with E-state index in [-0.39, 0.29) is 34.6 Å². The summed E-state index contributed by atoms with van der Waals surface area (Å²) in [6, 6.07) is 22.5. The minimum atomic E-state index is -3.46. The summed E-state index contributed by atoms with van der Waals surface area (Å²) >= 11 is 6.63. The highest BCUT2D eigenvalue weighted by atomic mass is 35.5. The molecule has 12 heteroatoms. The second-order valence-electron chi connectivity index (χ2n) is 11.4. The Kier molecular flexibility index (Phi) is 9.22. The number of ether oxygens (including phenoxy) is 2. The second kappa shape index (κ2) is 13.5. The number of benzene rings is 3. The first-order valence-corrected chi connectivity index (χ1v) is 17.5. The fourth-order valence-corrected chi connectivity index (χ4v) is 7.79. The van der Waals surface area contributed by atoms with Crippen molar-refractivity contribution < 1.29 is 27.5 Å². The van der Waals surface area contributed by atoms with E-state index in [0.717, 1.165) is 17.0 Å². The summed E-state index contributed by atoms with van der Waals surface area (Å²) in [7, 11) is -1.95. The molecule has 0 spiro atoms. The molecule has 2 amide bonds. The van der Waals surface area contributed by atoms with Crippen LogP contribution in [0, 0.1) is 11.3 Å². The zero-order valence-electron chi connectivity index (χ0n) is 26.2. The number of nitrogens with zero attached hydrogens (tertiary/aromatic N) is 4. The predicted molar refractivity (Wildman–Crippen MR) is 182 cm³/mol. The van der Waals surface area contributed by atoms with E-state index in [2.05, 4.69) is 0 Å². The van der Waals surface area contributed by atoms with Gasteiger partial charge in [0.2, 0.25) is 0 Å². The largest absolute Gasteiger partial charge is 0.497 e. The highest BCUT2D eigenvalue weighted by Gasteiger charge is 2.45. The lowest BCUT2D eigenvalue weighted by Crippen LogP contribution is -2.49. The molecule has 0 radical (unpaired) electrons. The summed E-state index contributed by atoms with van der Waals surface area (Å²) in [6.07, 6.45) is 4.25. The lowest BCUT2D eigenvalue weighted by molar-refractivity contribution is -0.142. The number of hydrogen-bond donors (Lipinski definition) is 0. The first-order chi connectivity index (χ1) is 23.1. The molecule has 2 aliphatic heterocycles. The molecule has 1 fully saturated rings. The maximum Gasteiger partial charge on any atom is 0.272 e. The molecule has 3 heterocycles. The van der Waals surface area contributed by atoms with Gasteiger partial charge in [0.25, 0.3) is 11.8 Å². The molecule has 0 N–H and O–H groups in total. The molecule has 1 unspecified atom stereocenters. The van der Waals surface area contributed by atoms with Crippen LogP contribution in [0.15, 0.2) is 90.1 Å². The van der Waals surface area contributed by atoms with Gasteiger partial charge in [-0.2, -0.15) is 10.4 Å². The number of amides is 2. The van der Waals surface area contributed by atoms with Gasteiger partial charge in [-0.3, -0.25) is 14.5 Å². The van der Waals surface area contributed by atoms with Crippen molar-refractivity contribution in [3.05, 3.63) is 106 Å². The number of carbonyl (C=O) groups excluding carboxylic acids is 2. The van der Waals surface area contributed by atoms with Gasteiger partial charge in [-0.1, -0.05) is 48.9 Å². The average molecular weight is 683 g/mol. The van der Waals surface area contributed by atoms with Crippen LogP contribution in [0.5, 0.6) is 11.5 Å². The number of imide groups is 1. The first kappa shape index (κ1) is 32.7. The van der Waals surface area contributed by atoms with Crippen molar-refractivity contribution in [2.75, 3.05) is 25.2 Å². The summed E-state index contributed by atoms with van der Waals surface area (Å²) in [4.78, 5) is 29.2. The van der Waals surface area contributed by atoms with Gasteiger partial charge in [-0.15, -0.1) is 0 Å². The van der Waals surface area contributed by atoms with E-state index in [1.807, 2.05) is 49.4 Å². The summed E-state index contributed by atoms with van der Waals surface area (Å²) < 4.78 is 37.6. The Morgan fingerprint density at radius 1 is 1.04 bits per heavy atom. The standard InChI is InChI=1S/C36H31ClN4O6S/c1-3-16-47-32-14-11-24(19-31(32)37)34-25(21-40(39-34)26-7-5-4-6-8-26)18-29-33(23-9-12-28(46-2)13-10-23)30(20-38)36(43)41(35(29)42)27-15-17-48(44,45)22-27/h4-14,18-19,21,27H,3,15-17,22H2,1-2H3/b29-18-. The van der Waals surface area contributed by atoms with Crippen LogP contribution in [-0.4, -0.2) is 66.2 Å². The Labute approximate surface area is 283 Å². The Morgan fingerprint density at radius 2 is 1.77 bits per heavy atom. The van der Waals surface area contributed by atoms with E-state index in [4.69, 9.17) is 26.2 Å². The highest BCUT2D eigenvalue weighted by Crippen LogP contribution is 2.39. The molecule has 1 atom stereocenters. The van der Waals surface area contributed by atoms with Gasteiger partial charge in [-0.25, -0.2) is 13.1 Å². The highest BCUT2D eigenvalue weighted by molar-refractivity contribution is 7.91. The molecule has 3 aromatic carbocycles. The second-order valence-corrected chi connectivity index (χ2v) is 14.0. The Hall–Kier alpha value is -5.18. The number of methoxy groups -OCH3 is 1. The van der Waals surface area contributed by atoms with Crippen molar-refractivity contribution in [3.8, 4) is 34.5 Å². The number of rotatable bonds is 9. The van der Waals surface area contributed by atoms with Crippen LogP contribution in [0.25, 0.3) is 28.6 Å². The van der Waals surface area contributed by atoms with Crippen molar-refractivity contribution in [2.24, 2.45) is 0 Å². The number of para-hydroxylation sites is 1. The van der Waals surface area contributed by atoms with E-state index >= 15 is 0 Å². The van der Waals surface area contributed by atoms with Gasteiger partial charge in [0.15, 0.2) is 9.84 Å². The summed E-state index contributed by atoms with van der Waals surface area (Å²) in [6.45, 7) is 2.50. The molecule has 6 rings (SSSR count). The topological polar surface area (TPSA) is 132 Å². The van der Waals surface area contributed by atoms with Crippen molar-refractivity contribution in [3.63, 3.8) is 0 Å². The normalized spacial score (nSPS) is 18.3. The molecule has 1 aromatic heterocycles. The molecule has 2 aliphatic rings. The maximum absolute atomic E-state index is 14.4. The third-order valence-corrected chi connectivity index (χ3v) is 10.2. The number of nitriles is 1. The van der Waals surface area contributed by atoms with Crippen LogP contribution < -0.4 is 9.47 Å². The number of halogens is 1. The van der Waals surface area contributed by atoms with E-state index in [1.165, 1.54) is 7.11 Å². The van der Waals surface area contributed by atoms with Gasteiger partial charge in [0, 0.05) is 22.9 Å². The predicted octanol–water partition coefficient (Wildman–Crippen LogP) is 5.91. The van der Waals surface area contributed by atoms with Crippen LogP contribution in [-0.2, 0) is 19.4 Å². The Balaban J connectivity index is 1.58. The van der Waals surface area contributed by atoms with E-state index in [1.54, 1.807) is 53.4 Å². The van der Waals surface area contributed by atoms with Crippen molar-refractivity contribution >= 4 is 44.9 Å². The molecular weight excluding hydrogens is 652 g/mol. The van der Waals surface area contributed by atoms with Crippen LogP contribution in [0.3, 0.4) is 0 Å². The number of carbonyl (C=O) groups is 2. The zero-order valence-corrected chi connectivity index (χ0v) is 27.8. The number of hydrogen-bond acceptors (Lipinski definition) is 8. The van der Waals surface area contributed by atoms with Crippen molar-refractivity contribution in [2.45, 2.75) is 25.8 Å². The third-order valence-electron chi connectivity index (χ3n) is 8.20. The van der Waals surface area contributed by atoms with Gasteiger partial charge in [-0.05, 0) is 66.9 Å². The fourth-order valence-electron chi connectivity index (χ4n) is 5.86. The number of aromatic nitrogens is 2. The van der Waals surface area contributed by atoms with E-state index in [0.29, 0.717) is 45.5 Å². The van der Waals surface area contributed by atoms with Crippen LogP contribution in [0.2, 0.25) is 5.02 Å². The molecule has 0 aliphatic carbocycles. The minimum Gasteiger partial charge on any atom is -0.497 e. The van der Waals surface area contributed by atoms with Crippen LogP contribution in [0.4, 0.5) is 0 Å². The van der Waals surface area contributed by atoms with Crippen LogP contribution in [0.1, 0.15) is 30.9 Å². The monoisotopic (exact) mass is 682 g/mol. The SMILES string of the molecule is CCCOc1ccc(-c2nn(-c3ccccc3)cc2/C=C2\C(=O)N(C3CCS(=O)(=O)C3)C(=O)C(C#N)=C2c2ccc(OC)cc2)cc1Cl. The van der Waals surface area contributed by atoms with Crippen LogP contribution >= 0.6 is 11.6 Å². The van der Waals surface area contributed by atoms with E-state index in [9.17, 15) is 23.3 Å². The molecular formula is C36H31ClN4O6S. The third kappa shape index (κ3) is 6.37. The summed E-state index contributed by atoms with van der Waals surface area (Å²) in [5.41, 5.74) is 2.71.